The van der Waals surface area contributed by atoms with Crippen molar-refractivity contribution in [3.8, 4) is 0 Å². The Kier molecular flexibility index (Phi) is 5.29. The molecule has 0 fully saturated rings. The fourth-order valence-corrected chi connectivity index (χ4v) is 1.76. The van der Waals surface area contributed by atoms with Crippen LogP contribution in [-0.2, 0) is 0 Å². The molecule has 0 saturated heterocycles. The maximum Gasteiger partial charge on any atom is 0.0973 e. The highest BCUT2D eigenvalue weighted by Gasteiger charge is 1.99. The Morgan fingerprint density at radius 2 is 1.67 bits per heavy atom. The highest BCUT2D eigenvalue weighted by atomic mass is 15.0. The molecule has 0 atom stereocenters. The van der Waals surface area contributed by atoms with Crippen molar-refractivity contribution in [3.63, 3.8) is 0 Å². The number of hydrogen-bond acceptors (Lipinski definition) is 4. The molecule has 0 radical (unpaired) electrons. The second kappa shape index (κ2) is 7.65. The van der Waals surface area contributed by atoms with Crippen molar-refractivity contribution in [3.05, 3.63) is 84.7 Å². The van der Waals surface area contributed by atoms with E-state index in [4.69, 9.17) is 5.53 Å². The van der Waals surface area contributed by atoms with Gasteiger partial charge in [-0.1, -0.05) is 55.1 Å². The largest absolute Gasteiger partial charge is 0.379 e. The molecule has 0 aliphatic heterocycles. The molecule has 0 amide bonds. The molecule has 3 N–H and O–H groups in total. The Balaban J connectivity index is 1.91. The number of para-hydroxylation sites is 1. The zero-order chi connectivity index (χ0) is 14.9. The molecule has 21 heavy (non-hydrogen) atoms. The molecule has 0 spiro atoms. The smallest absolute Gasteiger partial charge is 0.0973 e. The summed E-state index contributed by atoms with van der Waals surface area (Å²) in [6.45, 7) is 4.43. The van der Waals surface area contributed by atoms with E-state index in [0.29, 0.717) is 12.2 Å². The van der Waals surface area contributed by atoms with E-state index in [-0.39, 0.29) is 0 Å². The minimum Gasteiger partial charge on any atom is -0.379 e. The molecular weight excluding hydrogens is 260 g/mol. The first-order chi connectivity index (χ1) is 10.3. The summed E-state index contributed by atoms with van der Waals surface area (Å²) >= 11 is 0. The molecule has 0 saturated carbocycles. The molecule has 106 valence electrons. The molecule has 0 aromatic heterocycles. The van der Waals surface area contributed by atoms with Crippen molar-refractivity contribution in [1.29, 1.82) is 5.53 Å². The molecule has 0 unspecified atom stereocenters. The van der Waals surface area contributed by atoms with Crippen LogP contribution in [0.25, 0.3) is 5.70 Å². The molecule has 0 aliphatic rings. The summed E-state index contributed by atoms with van der Waals surface area (Å²) in [5.41, 5.74) is 10.6. The summed E-state index contributed by atoms with van der Waals surface area (Å²) < 4.78 is 0. The van der Waals surface area contributed by atoms with E-state index >= 15 is 0 Å². The second-order valence-electron chi connectivity index (χ2n) is 4.46. The van der Waals surface area contributed by atoms with Gasteiger partial charge in [-0.05, 0) is 17.7 Å². The fourth-order valence-electron chi connectivity index (χ4n) is 1.76. The van der Waals surface area contributed by atoms with Crippen molar-refractivity contribution in [2.45, 2.75) is 0 Å². The molecule has 2 rings (SSSR count). The average Bonchev–Trinajstić information content (AvgIpc) is 2.56. The highest BCUT2D eigenvalue weighted by molar-refractivity contribution is 5.61. The highest BCUT2D eigenvalue weighted by Crippen LogP contribution is 2.10. The third-order valence-corrected chi connectivity index (χ3v) is 2.93. The van der Waals surface area contributed by atoms with E-state index in [0.717, 1.165) is 16.9 Å². The van der Waals surface area contributed by atoms with E-state index < -0.39 is 0 Å². The predicted molar refractivity (Wildman–Crippen MR) is 86.8 cm³/mol. The van der Waals surface area contributed by atoms with Crippen molar-refractivity contribution < 1.29 is 0 Å². The first kappa shape index (κ1) is 14.5. The van der Waals surface area contributed by atoms with Crippen molar-refractivity contribution >= 4 is 11.4 Å². The van der Waals surface area contributed by atoms with Crippen molar-refractivity contribution in [2.75, 3.05) is 11.9 Å². The molecule has 2 aromatic carbocycles. The molecule has 4 nitrogen and oxygen atoms in total. The Hall–Kier alpha value is -2.88. The van der Waals surface area contributed by atoms with Crippen LogP contribution < -0.4 is 10.6 Å². The number of nitrogens with zero attached hydrogens (tertiary/aromatic N) is 1. The van der Waals surface area contributed by atoms with Crippen LogP contribution in [0.3, 0.4) is 0 Å². The molecule has 4 heteroatoms. The standard InChI is InChI=1S/C17H18N4/c1-14(15-8-4-2-5-9-15)19-12-17(21-18)13-20-16-10-6-3-7-11-16/h2-11,13,18-20H,1,12H2/b17-13-,21-18?. The lowest BCUT2D eigenvalue weighted by atomic mass is 10.2. The monoisotopic (exact) mass is 278 g/mol. The van der Waals surface area contributed by atoms with Gasteiger partial charge in [0.05, 0.1) is 12.2 Å². The molecule has 0 aliphatic carbocycles. The lowest BCUT2D eigenvalue weighted by Gasteiger charge is -2.09. The van der Waals surface area contributed by atoms with Gasteiger partial charge in [0.15, 0.2) is 0 Å². The zero-order valence-electron chi connectivity index (χ0n) is 11.7. The van der Waals surface area contributed by atoms with E-state index in [1.165, 1.54) is 0 Å². The minimum absolute atomic E-state index is 0.442. The Morgan fingerprint density at radius 3 is 2.29 bits per heavy atom. The van der Waals surface area contributed by atoms with Crippen LogP contribution >= 0.6 is 0 Å². The van der Waals surface area contributed by atoms with Gasteiger partial charge in [0, 0.05) is 17.6 Å². The van der Waals surface area contributed by atoms with E-state index in [9.17, 15) is 0 Å². The van der Waals surface area contributed by atoms with Gasteiger partial charge in [0.2, 0.25) is 0 Å². The van der Waals surface area contributed by atoms with Crippen LogP contribution in [0, 0.1) is 5.53 Å². The molecule has 2 aromatic rings. The summed E-state index contributed by atoms with van der Waals surface area (Å²) in [7, 11) is 0. The maximum absolute atomic E-state index is 7.22. The lowest BCUT2D eigenvalue weighted by molar-refractivity contribution is 0.896. The van der Waals surface area contributed by atoms with E-state index in [1.54, 1.807) is 6.20 Å². The molecule has 0 heterocycles. The number of nitrogens with one attached hydrogen (secondary N) is 3. The number of rotatable bonds is 7. The molecule has 0 bridgehead atoms. The summed E-state index contributed by atoms with van der Waals surface area (Å²) in [4.78, 5) is 0. The van der Waals surface area contributed by atoms with Crippen LogP contribution in [0.2, 0.25) is 0 Å². The quantitative estimate of drug-likeness (QED) is 0.664. The lowest BCUT2D eigenvalue weighted by Crippen LogP contribution is -2.14. The van der Waals surface area contributed by atoms with Crippen LogP contribution in [0.1, 0.15) is 5.56 Å². The normalized spacial score (nSPS) is 10.8. The van der Waals surface area contributed by atoms with Crippen LogP contribution in [0.5, 0.6) is 0 Å². The summed E-state index contributed by atoms with van der Waals surface area (Å²) in [5.74, 6) is 0. The topological polar surface area (TPSA) is 60.3 Å². The Labute approximate surface area is 124 Å². The third kappa shape index (κ3) is 4.62. The van der Waals surface area contributed by atoms with Crippen LogP contribution in [0.4, 0.5) is 5.69 Å². The van der Waals surface area contributed by atoms with Gasteiger partial charge in [0.25, 0.3) is 0 Å². The predicted octanol–water partition coefficient (Wildman–Crippen LogP) is 4.23. The first-order valence-electron chi connectivity index (χ1n) is 6.66. The van der Waals surface area contributed by atoms with Gasteiger partial charge < -0.3 is 10.6 Å². The average molecular weight is 278 g/mol. The Morgan fingerprint density at radius 1 is 1.05 bits per heavy atom. The molecular formula is C17H18N4. The van der Waals surface area contributed by atoms with E-state index in [1.807, 2.05) is 60.7 Å². The number of anilines is 1. The van der Waals surface area contributed by atoms with Gasteiger partial charge in [-0.3, -0.25) is 0 Å². The minimum atomic E-state index is 0.442. The van der Waals surface area contributed by atoms with Gasteiger partial charge in [-0.15, -0.1) is 0 Å². The van der Waals surface area contributed by atoms with Crippen LogP contribution in [-0.4, -0.2) is 6.54 Å². The van der Waals surface area contributed by atoms with Gasteiger partial charge in [-0.2, -0.15) is 5.11 Å². The third-order valence-electron chi connectivity index (χ3n) is 2.93. The van der Waals surface area contributed by atoms with Gasteiger partial charge in [0.1, 0.15) is 0 Å². The summed E-state index contributed by atoms with van der Waals surface area (Å²) in [6.07, 6.45) is 1.72. The van der Waals surface area contributed by atoms with Crippen LogP contribution in [0.15, 0.2) is 84.3 Å². The van der Waals surface area contributed by atoms with Crippen molar-refractivity contribution in [2.24, 2.45) is 5.11 Å². The number of hydrogen-bond donors (Lipinski definition) is 3. The maximum atomic E-state index is 7.22. The van der Waals surface area contributed by atoms with Gasteiger partial charge in [-0.25, -0.2) is 5.53 Å². The Bertz CT molecular complexity index is 618. The van der Waals surface area contributed by atoms with Gasteiger partial charge >= 0.3 is 0 Å². The SMILES string of the molecule is C=C(NC/C(=C/Nc1ccccc1)N=N)c1ccccc1. The first-order valence-corrected chi connectivity index (χ1v) is 6.66. The summed E-state index contributed by atoms with van der Waals surface area (Å²) in [6, 6.07) is 19.6. The second-order valence-corrected chi connectivity index (χ2v) is 4.46. The van der Waals surface area contributed by atoms with Crippen molar-refractivity contribution in [1.82, 2.24) is 5.32 Å². The fraction of sp³-hybridized carbons (Fsp3) is 0.0588. The summed E-state index contributed by atoms with van der Waals surface area (Å²) in [5, 5.41) is 9.80. The van der Waals surface area contributed by atoms with E-state index in [2.05, 4.69) is 22.3 Å². The number of benzene rings is 2. The zero-order valence-corrected chi connectivity index (χ0v) is 11.7.